The van der Waals surface area contributed by atoms with Gasteiger partial charge < -0.3 is 0 Å². The molecule has 45 heavy (non-hydrogen) atoms. The van der Waals surface area contributed by atoms with Crippen LogP contribution in [-0.2, 0) is 19.3 Å². The maximum atomic E-state index is 4.26. The van der Waals surface area contributed by atoms with E-state index < -0.39 is 0 Å². The van der Waals surface area contributed by atoms with Crippen molar-refractivity contribution in [3.8, 4) is 0 Å². The lowest BCUT2D eigenvalue weighted by Gasteiger charge is -2.19. The fourth-order valence-electron chi connectivity index (χ4n) is 5.45. The fraction of sp³-hybridized carbons (Fsp3) is 0.477. The second kappa shape index (κ2) is 18.7. The van der Waals surface area contributed by atoms with E-state index in [1.807, 2.05) is 6.21 Å². The van der Waals surface area contributed by atoms with Crippen LogP contribution in [0.1, 0.15) is 116 Å². The Hall–Kier alpha value is -3.19. The summed E-state index contributed by atoms with van der Waals surface area (Å²) in [7, 11) is 0. The van der Waals surface area contributed by atoms with E-state index >= 15 is 0 Å². The summed E-state index contributed by atoms with van der Waals surface area (Å²) in [6.07, 6.45) is 13.4. The third kappa shape index (κ3) is 17.2. The van der Waals surface area contributed by atoms with Gasteiger partial charge in [0, 0.05) is 18.3 Å². The summed E-state index contributed by atoms with van der Waals surface area (Å²) in [5.74, 6) is 1.53. The molecule has 0 saturated carbocycles. The third-order valence-corrected chi connectivity index (χ3v) is 7.33. The van der Waals surface area contributed by atoms with Gasteiger partial charge in [0.05, 0.1) is 0 Å². The van der Waals surface area contributed by atoms with E-state index in [-0.39, 0.29) is 0 Å². The van der Waals surface area contributed by atoms with E-state index in [9.17, 15) is 0 Å². The lowest BCUT2D eigenvalue weighted by atomic mass is 9.86. The summed E-state index contributed by atoms with van der Waals surface area (Å²) in [5, 5.41) is 0. The Balaban J connectivity index is 0.000000211. The molecule has 0 fully saturated rings. The van der Waals surface area contributed by atoms with Crippen molar-refractivity contribution in [2.75, 3.05) is 0 Å². The van der Waals surface area contributed by atoms with Crippen molar-refractivity contribution in [3.05, 3.63) is 125 Å². The molecule has 1 aliphatic carbocycles. The van der Waals surface area contributed by atoms with Crippen molar-refractivity contribution in [2.24, 2.45) is 27.7 Å². The van der Waals surface area contributed by atoms with E-state index in [0.717, 1.165) is 31.1 Å². The second-order valence-corrected chi connectivity index (χ2v) is 16.0. The number of fused-ring (bicyclic) bond motifs is 1. The smallest absolute Gasteiger partial charge is 0.0368 e. The van der Waals surface area contributed by atoms with Gasteiger partial charge in [-0.25, -0.2) is 0 Å². The van der Waals surface area contributed by atoms with E-state index in [0.29, 0.717) is 10.8 Å². The van der Waals surface area contributed by atoms with Gasteiger partial charge in [-0.15, -0.1) is 0 Å². The van der Waals surface area contributed by atoms with E-state index in [1.54, 1.807) is 0 Å². The summed E-state index contributed by atoms with van der Waals surface area (Å²) < 4.78 is 0. The van der Waals surface area contributed by atoms with Crippen molar-refractivity contribution < 1.29 is 0 Å². The summed E-state index contributed by atoms with van der Waals surface area (Å²) in [4.78, 5) is 4.26. The Morgan fingerprint density at radius 2 is 1.16 bits per heavy atom. The number of nitrogens with zero attached hydrogens (tertiary/aromatic N) is 1. The highest BCUT2D eigenvalue weighted by Crippen LogP contribution is 2.36. The van der Waals surface area contributed by atoms with Gasteiger partial charge in [-0.05, 0) is 89.5 Å². The summed E-state index contributed by atoms with van der Waals surface area (Å²) in [6.45, 7) is 24.7. The van der Waals surface area contributed by atoms with Crippen LogP contribution in [0.4, 0.5) is 0 Å². The molecule has 0 unspecified atom stereocenters. The maximum absolute atomic E-state index is 4.26. The van der Waals surface area contributed by atoms with E-state index in [4.69, 9.17) is 0 Å². The number of aliphatic imine (C=N–C) groups is 1. The van der Waals surface area contributed by atoms with Gasteiger partial charge in [0.25, 0.3) is 0 Å². The van der Waals surface area contributed by atoms with Crippen LogP contribution >= 0.6 is 0 Å². The molecule has 0 atom stereocenters. The van der Waals surface area contributed by atoms with Crippen molar-refractivity contribution >= 4 is 11.8 Å². The van der Waals surface area contributed by atoms with Gasteiger partial charge in [0.2, 0.25) is 0 Å². The van der Waals surface area contributed by atoms with Gasteiger partial charge >= 0.3 is 0 Å². The summed E-state index contributed by atoms with van der Waals surface area (Å²) >= 11 is 0. The SMILES string of the molecule is CC(C)(C)CC1=CCC=N1.CC(C)(C)CC1=CCc2ccccc21.CC(C)Cc1ccccc1.Cc1ccc(CC(C)C)cc1. The average molecular weight is 606 g/mol. The quantitative estimate of drug-likeness (QED) is 0.265. The van der Waals surface area contributed by atoms with E-state index in [1.165, 1.54) is 58.3 Å². The first-order valence-electron chi connectivity index (χ1n) is 17.2. The molecule has 3 aromatic rings. The number of benzene rings is 3. The van der Waals surface area contributed by atoms with E-state index in [2.05, 4.69) is 172 Å². The topological polar surface area (TPSA) is 12.4 Å². The molecule has 0 radical (unpaired) electrons. The van der Waals surface area contributed by atoms with Gasteiger partial charge in [-0.1, -0.05) is 166 Å². The standard InChI is InChI=1S/C14H18.C11H16.C10H14.C9H15N/c1-14(2,3)10-12-9-8-11-6-4-5-7-13(11)12;1-9(2)8-11-6-4-10(3)5-7-11;1-9(2)8-10-6-4-3-5-7-10;1-9(2,3)7-8-5-4-6-10-8/h4-7,9H,8,10H2,1-3H3;4-7,9H,8H2,1-3H3;3-7,9H,8H2,1-2H3;5-6H,4,7H2,1-3H3. The molecule has 1 heterocycles. The molecule has 0 spiro atoms. The zero-order valence-corrected chi connectivity index (χ0v) is 30.6. The second-order valence-electron chi connectivity index (χ2n) is 16.0. The van der Waals surface area contributed by atoms with Gasteiger partial charge in [-0.2, -0.15) is 0 Å². The molecule has 1 aliphatic heterocycles. The highest BCUT2D eigenvalue weighted by atomic mass is 14.7. The molecular formula is C44H63N. The van der Waals surface area contributed by atoms with Gasteiger partial charge in [-0.3, -0.25) is 4.99 Å². The monoisotopic (exact) mass is 605 g/mol. The van der Waals surface area contributed by atoms with Crippen molar-refractivity contribution in [1.82, 2.24) is 0 Å². The first kappa shape index (κ1) is 38.0. The molecule has 5 rings (SSSR count). The highest BCUT2D eigenvalue weighted by molar-refractivity contribution is 5.73. The summed E-state index contributed by atoms with van der Waals surface area (Å²) in [5.41, 5.74) is 10.8. The highest BCUT2D eigenvalue weighted by Gasteiger charge is 2.19. The minimum atomic E-state index is 0.382. The van der Waals surface area contributed by atoms with Crippen LogP contribution in [0.25, 0.3) is 5.57 Å². The molecule has 1 nitrogen and oxygen atoms in total. The molecular weight excluding hydrogens is 542 g/mol. The fourth-order valence-corrected chi connectivity index (χ4v) is 5.45. The van der Waals surface area contributed by atoms with Gasteiger partial charge in [0.15, 0.2) is 0 Å². The number of hydrogen-bond acceptors (Lipinski definition) is 1. The van der Waals surface area contributed by atoms with Gasteiger partial charge in [0.1, 0.15) is 0 Å². The summed E-state index contributed by atoms with van der Waals surface area (Å²) in [6, 6.07) is 28.2. The number of rotatable bonds is 6. The Labute approximate surface area is 278 Å². The van der Waals surface area contributed by atoms with Crippen LogP contribution in [0.2, 0.25) is 0 Å². The minimum Gasteiger partial charge on any atom is -0.266 e. The van der Waals surface area contributed by atoms with Crippen LogP contribution in [0, 0.1) is 29.6 Å². The maximum Gasteiger partial charge on any atom is 0.0368 e. The first-order valence-corrected chi connectivity index (χ1v) is 17.2. The molecule has 0 bridgehead atoms. The lowest BCUT2D eigenvalue weighted by Crippen LogP contribution is -2.05. The normalized spacial score (nSPS) is 13.5. The lowest BCUT2D eigenvalue weighted by molar-refractivity contribution is 0.408. The van der Waals surface area contributed by atoms with Crippen LogP contribution in [0.15, 0.2) is 102 Å². The molecule has 3 aromatic carbocycles. The predicted molar refractivity (Wildman–Crippen MR) is 202 cm³/mol. The largest absolute Gasteiger partial charge is 0.266 e. The molecule has 0 saturated heterocycles. The molecule has 0 N–H and O–H groups in total. The Kier molecular flexibility index (Phi) is 15.8. The Bertz CT molecular complexity index is 1340. The third-order valence-electron chi connectivity index (χ3n) is 7.33. The zero-order chi connectivity index (χ0) is 33.5. The van der Waals surface area contributed by atoms with Crippen molar-refractivity contribution in [2.45, 2.75) is 115 Å². The number of aryl methyl sites for hydroxylation is 1. The molecule has 1 heteroatoms. The molecule has 244 valence electrons. The Morgan fingerprint density at radius 3 is 1.67 bits per heavy atom. The predicted octanol–water partition coefficient (Wildman–Crippen LogP) is 12.9. The van der Waals surface area contributed by atoms with Crippen LogP contribution in [0.3, 0.4) is 0 Å². The zero-order valence-electron chi connectivity index (χ0n) is 30.6. The average Bonchev–Trinajstić information content (AvgIpc) is 3.59. The number of allylic oxidation sites excluding steroid dienone is 4. The van der Waals surface area contributed by atoms with Crippen molar-refractivity contribution in [1.29, 1.82) is 0 Å². The molecule has 2 aliphatic rings. The van der Waals surface area contributed by atoms with Crippen LogP contribution < -0.4 is 0 Å². The molecule has 0 aromatic heterocycles. The molecule has 0 amide bonds. The van der Waals surface area contributed by atoms with Crippen LogP contribution in [-0.4, -0.2) is 6.21 Å². The first-order chi connectivity index (χ1) is 21.1. The van der Waals surface area contributed by atoms with Crippen LogP contribution in [0.5, 0.6) is 0 Å². The minimum absolute atomic E-state index is 0.382. The number of hydrogen-bond donors (Lipinski definition) is 0. The van der Waals surface area contributed by atoms with Crippen molar-refractivity contribution in [3.63, 3.8) is 0 Å². The Morgan fingerprint density at radius 1 is 0.622 bits per heavy atom.